The van der Waals surface area contributed by atoms with E-state index in [4.69, 9.17) is 4.74 Å². The Morgan fingerprint density at radius 3 is 2.29 bits per heavy atom. The highest BCUT2D eigenvalue weighted by Crippen LogP contribution is 2.38. The van der Waals surface area contributed by atoms with Crippen molar-refractivity contribution < 1.29 is 49.0 Å². The second-order valence-electron chi connectivity index (χ2n) is 11.2. The molecule has 0 atom stereocenters. The standard InChI is InChI=1S/C28H31F9N6O2/c1-26(2,31)24(44)39-11-14-3-8-18(28(35,36)37)19(9-14)40-25-41-20-10-15(23(42-22(20)43-25)45-13-21(29)30)12-38-17-6-4-16(5-7-17)27(32,33)34/h3,8-10,16-17,21,38H,4-7,11-13H2,1-2H3,(H,39,44)(H2,40,41,42,43). The Hall–Kier alpha value is -3.76. The number of nitrogens with one attached hydrogen (secondary N) is 4. The number of amides is 1. The molecule has 248 valence electrons. The molecule has 1 fully saturated rings. The monoisotopic (exact) mass is 654 g/mol. The van der Waals surface area contributed by atoms with Gasteiger partial charge in [0.2, 0.25) is 11.8 Å². The molecular formula is C28H31F9N6O2. The summed E-state index contributed by atoms with van der Waals surface area (Å²) in [6.07, 6.45) is -11.5. The zero-order chi connectivity index (χ0) is 33.2. The molecule has 1 saturated carbocycles. The molecule has 4 N–H and O–H groups in total. The van der Waals surface area contributed by atoms with Gasteiger partial charge in [0.15, 0.2) is 17.9 Å². The van der Waals surface area contributed by atoms with Crippen molar-refractivity contribution in [3.63, 3.8) is 0 Å². The number of anilines is 2. The third-order valence-corrected chi connectivity index (χ3v) is 7.27. The minimum atomic E-state index is -4.79. The highest BCUT2D eigenvalue weighted by Gasteiger charge is 2.41. The topological polar surface area (TPSA) is 104 Å². The van der Waals surface area contributed by atoms with Gasteiger partial charge >= 0.3 is 12.4 Å². The summed E-state index contributed by atoms with van der Waals surface area (Å²) in [4.78, 5) is 22.9. The number of fused-ring (bicyclic) bond motifs is 1. The Kier molecular flexibility index (Phi) is 10.1. The molecule has 17 heteroatoms. The number of carbonyl (C=O) groups excluding carboxylic acids is 1. The molecule has 1 aliphatic carbocycles. The number of hydrogen-bond donors (Lipinski definition) is 4. The first-order chi connectivity index (χ1) is 20.9. The Balaban J connectivity index is 1.56. The number of carbonyl (C=O) groups is 1. The number of imidazole rings is 1. The normalized spacial score (nSPS) is 18.0. The van der Waals surface area contributed by atoms with E-state index in [0.717, 1.165) is 32.0 Å². The molecule has 0 saturated heterocycles. The van der Waals surface area contributed by atoms with Crippen molar-refractivity contribution in [3.05, 3.63) is 41.0 Å². The van der Waals surface area contributed by atoms with Gasteiger partial charge in [-0.3, -0.25) is 4.79 Å². The van der Waals surface area contributed by atoms with Gasteiger partial charge in [-0.1, -0.05) is 6.07 Å². The lowest BCUT2D eigenvalue weighted by atomic mass is 9.85. The van der Waals surface area contributed by atoms with Crippen LogP contribution in [0.15, 0.2) is 24.3 Å². The van der Waals surface area contributed by atoms with E-state index in [0.29, 0.717) is 0 Å². The fourth-order valence-corrected chi connectivity index (χ4v) is 4.87. The van der Waals surface area contributed by atoms with E-state index in [2.05, 4.69) is 30.9 Å². The third kappa shape index (κ3) is 9.14. The molecular weight excluding hydrogens is 623 g/mol. The van der Waals surface area contributed by atoms with Crippen LogP contribution >= 0.6 is 0 Å². The van der Waals surface area contributed by atoms with Crippen LogP contribution in [0.5, 0.6) is 5.88 Å². The van der Waals surface area contributed by atoms with Gasteiger partial charge in [0.25, 0.3) is 12.3 Å². The molecule has 1 amide bonds. The number of rotatable bonds is 11. The van der Waals surface area contributed by atoms with Crippen LogP contribution < -0.4 is 20.7 Å². The van der Waals surface area contributed by atoms with E-state index in [9.17, 15) is 44.3 Å². The minimum Gasteiger partial charge on any atom is -0.471 e. The Bertz CT molecular complexity index is 1480. The van der Waals surface area contributed by atoms with Gasteiger partial charge in [0.05, 0.1) is 22.7 Å². The maximum Gasteiger partial charge on any atom is 0.418 e. The predicted octanol–water partition coefficient (Wildman–Crippen LogP) is 6.94. The van der Waals surface area contributed by atoms with Gasteiger partial charge in [0, 0.05) is 24.7 Å². The maximum atomic E-state index is 13.8. The van der Waals surface area contributed by atoms with Gasteiger partial charge in [-0.25, -0.2) is 13.2 Å². The number of ether oxygens (including phenoxy) is 1. The molecule has 2 aromatic heterocycles. The maximum absolute atomic E-state index is 13.8. The number of alkyl halides is 9. The predicted molar refractivity (Wildman–Crippen MR) is 146 cm³/mol. The molecule has 2 heterocycles. The van der Waals surface area contributed by atoms with Crippen molar-refractivity contribution in [2.24, 2.45) is 5.92 Å². The average molecular weight is 655 g/mol. The molecule has 0 radical (unpaired) electrons. The molecule has 4 rings (SSSR count). The van der Waals surface area contributed by atoms with Gasteiger partial charge in [-0.2, -0.15) is 36.3 Å². The minimum absolute atomic E-state index is 0.00627. The molecule has 3 aromatic rings. The largest absolute Gasteiger partial charge is 0.471 e. The van der Waals surface area contributed by atoms with Crippen molar-refractivity contribution in [3.8, 4) is 5.88 Å². The summed E-state index contributed by atoms with van der Waals surface area (Å²) >= 11 is 0. The van der Waals surface area contributed by atoms with Crippen LogP contribution in [0.1, 0.15) is 56.2 Å². The van der Waals surface area contributed by atoms with Crippen LogP contribution in [-0.4, -0.2) is 51.8 Å². The summed E-state index contributed by atoms with van der Waals surface area (Å²) in [5.41, 5.74) is -3.08. The number of benzene rings is 1. The number of H-pyrrole nitrogens is 1. The number of hydrogen-bond acceptors (Lipinski definition) is 6. The van der Waals surface area contributed by atoms with Crippen LogP contribution in [0.25, 0.3) is 11.2 Å². The fourth-order valence-electron chi connectivity index (χ4n) is 4.87. The van der Waals surface area contributed by atoms with Crippen LogP contribution in [0.4, 0.5) is 51.1 Å². The molecule has 1 aromatic carbocycles. The summed E-state index contributed by atoms with van der Waals surface area (Å²) in [6, 6.07) is 4.20. The van der Waals surface area contributed by atoms with Gasteiger partial charge in [-0.15, -0.1) is 0 Å². The van der Waals surface area contributed by atoms with E-state index in [1.807, 2.05) is 0 Å². The van der Waals surface area contributed by atoms with Gasteiger partial charge in [-0.05, 0) is 63.3 Å². The van der Waals surface area contributed by atoms with Crippen molar-refractivity contribution in [1.82, 2.24) is 25.6 Å². The SMILES string of the molecule is CC(C)(F)C(=O)NCc1ccc(C(F)(F)F)c(Nc2nc3nc(OCC(F)F)c(CNC4CCC(C(F)(F)F)CC4)cc3[nH]2)c1. The smallest absolute Gasteiger partial charge is 0.418 e. The van der Waals surface area contributed by atoms with E-state index in [1.165, 1.54) is 6.07 Å². The van der Waals surface area contributed by atoms with E-state index < -0.39 is 54.1 Å². The van der Waals surface area contributed by atoms with Gasteiger partial charge in [0.1, 0.15) is 0 Å². The van der Waals surface area contributed by atoms with Crippen molar-refractivity contribution in [2.75, 3.05) is 11.9 Å². The number of nitrogens with zero attached hydrogens (tertiary/aromatic N) is 2. The van der Waals surface area contributed by atoms with E-state index in [-0.39, 0.29) is 78.9 Å². The summed E-state index contributed by atoms with van der Waals surface area (Å²) in [5, 5.41) is 7.95. The Labute approximate surface area is 251 Å². The number of aromatic nitrogens is 3. The summed E-state index contributed by atoms with van der Waals surface area (Å²) in [6.45, 7) is 0.805. The number of pyridine rings is 1. The third-order valence-electron chi connectivity index (χ3n) is 7.27. The fraction of sp³-hybridized carbons (Fsp3) is 0.536. The van der Waals surface area contributed by atoms with Crippen molar-refractivity contribution in [1.29, 1.82) is 0 Å². The summed E-state index contributed by atoms with van der Waals surface area (Å²) in [5.74, 6) is -2.75. The summed E-state index contributed by atoms with van der Waals surface area (Å²) < 4.78 is 125. The average Bonchev–Trinajstić information content (AvgIpc) is 3.32. The number of halogens is 9. The van der Waals surface area contributed by atoms with Crippen molar-refractivity contribution >= 4 is 28.7 Å². The zero-order valence-electron chi connectivity index (χ0n) is 24.1. The lowest BCUT2D eigenvalue weighted by Crippen LogP contribution is -2.38. The van der Waals surface area contributed by atoms with E-state index >= 15 is 0 Å². The van der Waals surface area contributed by atoms with Crippen LogP contribution in [-0.2, 0) is 24.1 Å². The molecule has 0 spiro atoms. The Morgan fingerprint density at radius 1 is 1.00 bits per heavy atom. The lowest BCUT2D eigenvalue weighted by Gasteiger charge is -2.30. The lowest BCUT2D eigenvalue weighted by molar-refractivity contribution is -0.182. The van der Waals surface area contributed by atoms with Crippen LogP contribution in [0.3, 0.4) is 0 Å². The molecule has 45 heavy (non-hydrogen) atoms. The highest BCUT2D eigenvalue weighted by atomic mass is 19.4. The van der Waals surface area contributed by atoms with Gasteiger partial charge < -0.3 is 25.7 Å². The van der Waals surface area contributed by atoms with Crippen molar-refractivity contribution in [2.45, 2.75) is 83.1 Å². The quantitative estimate of drug-likeness (QED) is 0.167. The second-order valence-corrected chi connectivity index (χ2v) is 11.2. The first-order valence-electron chi connectivity index (χ1n) is 13.9. The molecule has 0 bridgehead atoms. The highest BCUT2D eigenvalue weighted by molar-refractivity contribution is 5.84. The van der Waals surface area contributed by atoms with E-state index in [1.54, 1.807) is 0 Å². The Morgan fingerprint density at radius 2 is 1.69 bits per heavy atom. The van der Waals surface area contributed by atoms with Crippen LogP contribution in [0.2, 0.25) is 0 Å². The first kappa shape index (κ1) is 34.1. The van der Waals surface area contributed by atoms with Crippen LogP contribution in [0, 0.1) is 5.92 Å². The number of aromatic amines is 1. The molecule has 8 nitrogen and oxygen atoms in total. The summed E-state index contributed by atoms with van der Waals surface area (Å²) in [7, 11) is 0. The first-order valence-corrected chi connectivity index (χ1v) is 13.9. The molecule has 0 unspecified atom stereocenters. The zero-order valence-corrected chi connectivity index (χ0v) is 24.1. The second kappa shape index (κ2) is 13.3. The molecule has 1 aliphatic rings. The molecule has 0 aliphatic heterocycles.